The van der Waals surface area contributed by atoms with E-state index < -0.39 is 0 Å². The van der Waals surface area contributed by atoms with Crippen LogP contribution in [0.15, 0.2) is 59.2 Å². The number of thiazole rings is 1. The second-order valence-corrected chi connectivity index (χ2v) is 10.1. The second-order valence-electron chi connectivity index (χ2n) is 8.93. The first-order chi connectivity index (χ1) is 16.5. The molecule has 0 radical (unpaired) electrons. The van der Waals surface area contributed by atoms with E-state index in [4.69, 9.17) is 4.42 Å². The van der Waals surface area contributed by atoms with E-state index in [1.165, 1.54) is 23.5 Å². The number of rotatable bonds is 5. The van der Waals surface area contributed by atoms with Crippen LogP contribution in [0.4, 0.5) is 4.39 Å². The van der Waals surface area contributed by atoms with E-state index in [1.54, 1.807) is 36.6 Å². The highest BCUT2D eigenvalue weighted by atomic mass is 32.1. The Balaban J connectivity index is 1.23. The molecule has 2 aromatic carbocycles. The average Bonchev–Trinajstić information content (AvgIpc) is 3.18. The Bertz CT molecular complexity index is 1410. The molecular weight excluding hydrogens is 453 g/mol. The zero-order valence-corrected chi connectivity index (χ0v) is 19.3. The lowest BCUT2D eigenvalue weighted by molar-refractivity contribution is 0.0684. The number of nitrogens with zero attached hydrogens (tertiary/aromatic N) is 2. The van der Waals surface area contributed by atoms with Gasteiger partial charge < -0.3 is 14.6 Å². The van der Waals surface area contributed by atoms with Crippen molar-refractivity contribution in [2.24, 2.45) is 5.92 Å². The SMILES string of the molecule is Cc1nc(C(=O)N2[C@H](CNC(=O)c3cccc4occc34)C[C@@H]3C[C@@H]32)c(-c2ccc(F)cc2)s1. The lowest BCUT2D eigenvalue weighted by Gasteiger charge is -2.27. The van der Waals surface area contributed by atoms with Gasteiger partial charge in [0.05, 0.1) is 27.8 Å². The summed E-state index contributed by atoms with van der Waals surface area (Å²) >= 11 is 1.43. The minimum Gasteiger partial charge on any atom is -0.464 e. The monoisotopic (exact) mass is 475 g/mol. The predicted octanol–water partition coefficient (Wildman–Crippen LogP) is 5.04. The molecule has 1 aliphatic carbocycles. The maximum absolute atomic E-state index is 13.7. The number of aromatic nitrogens is 1. The van der Waals surface area contributed by atoms with Gasteiger partial charge in [-0.25, -0.2) is 9.37 Å². The van der Waals surface area contributed by atoms with Crippen LogP contribution in [0.3, 0.4) is 0 Å². The molecule has 0 spiro atoms. The third-order valence-electron chi connectivity index (χ3n) is 6.73. The van der Waals surface area contributed by atoms with E-state index in [0.29, 0.717) is 29.3 Å². The second kappa shape index (κ2) is 8.06. The number of piperidine rings is 1. The van der Waals surface area contributed by atoms with E-state index in [9.17, 15) is 14.0 Å². The molecule has 1 saturated heterocycles. The molecule has 3 atom stereocenters. The van der Waals surface area contributed by atoms with Crippen LogP contribution in [0.25, 0.3) is 21.4 Å². The summed E-state index contributed by atoms with van der Waals surface area (Å²) in [5.74, 6) is -0.154. The van der Waals surface area contributed by atoms with Crippen molar-refractivity contribution in [2.45, 2.75) is 31.8 Å². The van der Waals surface area contributed by atoms with Gasteiger partial charge in [0.1, 0.15) is 17.1 Å². The Hall–Kier alpha value is -3.52. The fraction of sp³-hybridized carbons (Fsp3) is 0.269. The normalized spacial score (nSPS) is 21.0. The number of halogens is 1. The van der Waals surface area contributed by atoms with E-state index >= 15 is 0 Å². The number of fused-ring (bicyclic) bond motifs is 2. The van der Waals surface area contributed by atoms with Crippen LogP contribution < -0.4 is 5.32 Å². The molecule has 1 N–H and O–H groups in total. The van der Waals surface area contributed by atoms with Gasteiger partial charge in [-0.3, -0.25) is 9.59 Å². The first-order valence-electron chi connectivity index (χ1n) is 11.3. The van der Waals surface area contributed by atoms with Crippen molar-refractivity contribution in [2.75, 3.05) is 6.54 Å². The highest BCUT2D eigenvalue weighted by Crippen LogP contribution is 2.48. The van der Waals surface area contributed by atoms with Crippen molar-refractivity contribution in [3.63, 3.8) is 0 Å². The third-order valence-corrected chi connectivity index (χ3v) is 7.75. The summed E-state index contributed by atoms with van der Waals surface area (Å²) in [7, 11) is 0. The summed E-state index contributed by atoms with van der Waals surface area (Å²) in [6, 6.07) is 13.4. The molecule has 8 heteroatoms. The van der Waals surface area contributed by atoms with Crippen LogP contribution in [0.5, 0.6) is 0 Å². The summed E-state index contributed by atoms with van der Waals surface area (Å²) < 4.78 is 18.8. The van der Waals surface area contributed by atoms with Gasteiger partial charge in [0.15, 0.2) is 0 Å². The smallest absolute Gasteiger partial charge is 0.274 e. The summed E-state index contributed by atoms with van der Waals surface area (Å²) in [5, 5.41) is 4.58. The topological polar surface area (TPSA) is 75.4 Å². The highest BCUT2D eigenvalue weighted by Gasteiger charge is 2.54. The van der Waals surface area contributed by atoms with Gasteiger partial charge in [-0.05, 0) is 61.6 Å². The first kappa shape index (κ1) is 21.0. The molecule has 2 aliphatic rings. The summed E-state index contributed by atoms with van der Waals surface area (Å²) in [6.07, 6.45) is 3.42. The van der Waals surface area contributed by atoms with Gasteiger partial charge in [0, 0.05) is 18.0 Å². The lowest BCUT2D eigenvalue weighted by atomic mass is 10.1. The molecule has 34 heavy (non-hydrogen) atoms. The molecule has 6 rings (SSSR count). The van der Waals surface area contributed by atoms with Crippen molar-refractivity contribution in [1.29, 1.82) is 0 Å². The molecule has 0 bridgehead atoms. The van der Waals surface area contributed by atoms with E-state index in [2.05, 4.69) is 10.3 Å². The minimum atomic E-state index is -0.319. The number of aryl methyl sites for hydroxylation is 1. The molecule has 2 amide bonds. The van der Waals surface area contributed by atoms with Crippen molar-refractivity contribution in [3.05, 3.63) is 76.9 Å². The van der Waals surface area contributed by atoms with Gasteiger partial charge in [0.2, 0.25) is 0 Å². The maximum Gasteiger partial charge on any atom is 0.274 e. The Morgan fingerprint density at radius 3 is 2.82 bits per heavy atom. The summed E-state index contributed by atoms with van der Waals surface area (Å²) in [5.41, 5.74) is 2.40. The van der Waals surface area contributed by atoms with Gasteiger partial charge in [-0.2, -0.15) is 0 Å². The number of carbonyl (C=O) groups is 2. The van der Waals surface area contributed by atoms with E-state index in [-0.39, 0.29) is 29.7 Å². The molecule has 6 nitrogen and oxygen atoms in total. The van der Waals surface area contributed by atoms with E-state index in [0.717, 1.165) is 33.7 Å². The zero-order chi connectivity index (χ0) is 23.4. The van der Waals surface area contributed by atoms with Gasteiger partial charge >= 0.3 is 0 Å². The fourth-order valence-corrected chi connectivity index (χ4v) is 5.96. The number of nitrogens with one attached hydrogen (secondary N) is 1. The number of furan rings is 1. The number of benzene rings is 2. The molecule has 3 heterocycles. The number of carbonyl (C=O) groups excluding carboxylic acids is 2. The van der Waals surface area contributed by atoms with Gasteiger partial charge in [0.25, 0.3) is 11.8 Å². The molecule has 4 aromatic rings. The van der Waals surface area contributed by atoms with E-state index in [1.807, 2.05) is 17.9 Å². The van der Waals surface area contributed by atoms with Crippen LogP contribution in [0, 0.1) is 18.7 Å². The number of amides is 2. The van der Waals surface area contributed by atoms with Crippen LogP contribution in [-0.2, 0) is 0 Å². The van der Waals surface area contributed by atoms with Crippen molar-refractivity contribution >= 4 is 34.1 Å². The van der Waals surface area contributed by atoms with Crippen LogP contribution in [0.2, 0.25) is 0 Å². The van der Waals surface area contributed by atoms with Crippen molar-refractivity contribution < 1.29 is 18.4 Å². The zero-order valence-electron chi connectivity index (χ0n) is 18.5. The highest BCUT2D eigenvalue weighted by molar-refractivity contribution is 7.15. The maximum atomic E-state index is 13.7. The molecule has 1 saturated carbocycles. The van der Waals surface area contributed by atoms with Crippen LogP contribution in [-0.4, -0.2) is 40.3 Å². The summed E-state index contributed by atoms with van der Waals surface area (Å²) in [4.78, 5) is 33.8. The lowest BCUT2D eigenvalue weighted by Crippen LogP contribution is -2.45. The number of hydrogen-bond acceptors (Lipinski definition) is 5. The molecule has 172 valence electrons. The molecular formula is C26H22FN3O3S. The Morgan fingerprint density at radius 1 is 1.18 bits per heavy atom. The predicted molar refractivity (Wildman–Crippen MR) is 127 cm³/mol. The Morgan fingerprint density at radius 2 is 2.00 bits per heavy atom. The Kier molecular flexibility index (Phi) is 4.99. The quantitative estimate of drug-likeness (QED) is 0.439. The van der Waals surface area contributed by atoms with Crippen LogP contribution in [0.1, 0.15) is 38.7 Å². The molecule has 2 fully saturated rings. The number of hydrogen-bond donors (Lipinski definition) is 1. The van der Waals surface area contributed by atoms with Gasteiger partial charge in [-0.1, -0.05) is 18.2 Å². The molecule has 0 unspecified atom stereocenters. The average molecular weight is 476 g/mol. The minimum absolute atomic E-state index is 0.0909. The molecule has 2 aromatic heterocycles. The summed E-state index contributed by atoms with van der Waals surface area (Å²) in [6.45, 7) is 2.24. The van der Waals surface area contributed by atoms with Crippen LogP contribution >= 0.6 is 11.3 Å². The van der Waals surface area contributed by atoms with Crippen molar-refractivity contribution in [1.82, 2.24) is 15.2 Å². The fourth-order valence-electron chi connectivity index (χ4n) is 5.05. The van der Waals surface area contributed by atoms with Gasteiger partial charge in [-0.15, -0.1) is 11.3 Å². The third kappa shape index (κ3) is 3.58. The standard InChI is InChI=1S/C26H22FN3O3S/c1-14-29-23(24(34-14)15-5-7-17(27)8-6-15)26(32)30-18(11-16-12-21(16)30)13-28-25(31)20-3-2-4-22-19(20)9-10-33-22/h2-10,16,18,21H,11-13H2,1H3,(H,28,31)/t16-,18+,21+/m1/s1. The molecule has 1 aliphatic heterocycles. The van der Waals surface area contributed by atoms with Crippen molar-refractivity contribution in [3.8, 4) is 10.4 Å². The number of likely N-dealkylation sites (tertiary alicyclic amines) is 1. The largest absolute Gasteiger partial charge is 0.464 e. The first-order valence-corrected chi connectivity index (χ1v) is 12.1. The Labute approximate surface area is 199 Å².